The average Bonchev–Trinajstić information content (AvgIpc) is 2.11. The molecule has 0 heterocycles. The van der Waals surface area contributed by atoms with Crippen molar-refractivity contribution in [2.75, 3.05) is 0 Å². The van der Waals surface area contributed by atoms with Gasteiger partial charge in [0, 0.05) is 0 Å². The van der Waals surface area contributed by atoms with Crippen molar-refractivity contribution < 1.29 is 19.1 Å². The molecule has 0 aliphatic heterocycles. The minimum Gasteiger partial charge on any atom is -0.431 e. The van der Waals surface area contributed by atoms with Crippen LogP contribution in [0.25, 0.3) is 0 Å². The fourth-order valence-electron chi connectivity index (χ4n) is 0.462. The van der Waals surface area contributed by atoms with Crippen LogP contribution in [0, 0.1) is 11.8 Å². The second kappa shape index (κ2) is 6.18. The second-order valence-corrected chi connectivity index (χ2v) is 3.46. The van der Waals surface area contributed by atoms with Crippen LogP contribution in [0.2, 0.25) is 0 Å². The Morgan fingerprint density at radius 1 is 0.857 bits per heavy atom. The van der Waals surface area contributed by atoms with Gasteiger partial charge in [-0.2, -0.15) is 0 Å². The smallest absolute Gasteiger partial charge is 0.313 e. The Balaban J connectivity index is 3.75. The maximum Gasteiger partial charge on any atom is 0.313 e. The number of ether oxygens (including phenoxy) is 2. The molecule has 0 N–H and O–H groups in total. The van der Waals surface area contributed by atoms with Gasteiger partial charge in [-0.05, 0) is 0 Å². The second-order valence-electron chi connectivity index (χ2n) is 3.46. The van der Waals surface area contributed by atoms with Crippen LogP contribution in [0.1, 0.15) is 27.7 Å². The van der Waals surface area contributed by atoms with E-state index in [4.69, 9.17) is 0 Å². The Hall–Kier alpha value is -1.32. The molecule has 0 bridgehead atoms. The van der Waals surface area contributed by atoms with Gasteiger partial charge >= 0.3 is 11.9 Å². The lowest BCUT2D eigenvalue weighted by Gasteiger charge is -2.02. The molecule has 0 atom stereocenters. The normalized spacial score (nSPS) is 11.0. The molecule has 0 saturated heterocycles. The first-order valence-electron chi connectivity index (χ1n) is 4.51. The zero-order chi connectivity index (χ0) is 11.1. The topological polar surface area (TPSA) is 52.6 Å². The Kier molecular flexibility index (Phi) is 5.60. The largest absolute Gasteiger partial charge is 0.431 e. The number of hydrogen-bond acceptors (Lipinski definition) is 4. The van der Waals surface area contributed by atoms with E-state index in [9.17, 15) is 9.59 Å². The molecule has 0 aromatic heterocycles. The summed E-state index contributed by atoms with van der Waals surface area (Å²) in [5, 5.41) is 0. The fourth-order valence-corrected chi connectivity index (χ4v) is 0.462. The van der Waals surface area contributed by atoms with Gasteiger partial charge in [-0.3, -0.25) is 9.59 Å². The minimum absolute atomic E-state index is 0.194. The van der Waals surface area contributed by atoms with Gasteiger partial charge in [-0.1, -0.05) is 27.7 Å². The summed E-state index contributed by atoms with van der Waals surface area (Å²) in [5.41, 5.74) is 0. The van der Waals surface area contributed by atoms with E-state index in [1.807, 2.05) is 0 Å². The van der Waals surface area contributed by atoms with Gasteiger partial charge in [0.2, 0.25) is 0 Å². The molecule has 0 spiro atoms. The quantitative estimate of drug-likeness (QED) is 0.513. The number of rotatable bonds is 4. The maximum atomic E-state index is 10.9. The monoisotopic (exact) mass is 200 g/mol. The summed E-state index contributed by atoms with van der Waals surface area (Å²) in [4.78, 5) is 21.8. The van der Waals surface area contributed by atoms with Crippen LogP contribution >= 0.6 is 0 Å². The highest BCUT2D eigenvalue weighted by Gasteiger charge is 2.07. The average molecular weight is 200 g/mol. The van der Waals surface area contributed by atoms with E-state index in [0.717, 1.165) is 12.5 Å². The molecule has 0 saturated carbocycles. The van der Waals surface area contributed by atoms with Crippen molar-refractivity contribution in [3.63, 3.8) is 0 Å². The van der Waals surface area contributed by atoms with E-state index >= 15 is 0 Å². The van der Waals surface area contributed by atoms with Gasteiger partial charge in [0.25, 0.3) is 0 Å². The Labute approximate surface area is 83.9 Å². The van der Waals surface area contributed by atoms with E-state index in [1.54, 1.807) is 27.7 Å². The number of hydrogen-bond donors (Lipinski definition) is 0. The first-order valence-corrected chi connectivity index (χ1v) is 4.51. The van der Waals surface area contributed by atoms with Gasteiger partial charge in [-0.15, -0.1) is 0 Å². The van der Waals surface area contributed by atoms with Crippen LogP contribution in [0.15, 0.2) is 12.5 Å². The molecule has 80 valence electrons. The summed E-state index contributed by atoms with van der Waals surface area (Å²) in [6.07, 6.45) is 2.14. The molecule has 0 amide bonds. The standard InChI is InChI=1S/C10H16O4/c1-7(2)9(11)13-5-6-14-10(12)8(3)4/h5-8H,1-4H3/b6-5+. The van der Waals surface area contributed by atoms with Gasteiger partial charge in [-0.25, -0.2) is 0 Å². The van der Waals surface area contributed by atoms with Crippen LogP contribution in [-0.2, 0) is 19.1 Å². The molecule has 0 aromatic rings. The highest BCUT2D eigenvalue weighted by atomic mass is 16.6. The van der Waals surface area contributed by atoms with Gasteiger partial charge in [0.15, 0.2) is 0 Å². The molecule has 4 heteroatoms. The van der Waals surface area contributed by atoms with E-state index in [1.165, 1.54) is 0 Å². The van der Waals surface area contributed by atoms with Crippen LogP contribution in [0.5, 0.6) is 0 Å². The fraction of sp³-hybridized carbons (Fsp3) is 0.600. The van der Waals surface area contributed by atoms with Gasteiger partial charge in [0.05, 0.1) is 11.8 Å². The van der Waals surface area contributed by atoms with Crippen molar-refractivity contribution in [1.29, 1.82) is 0 Å². The van der Waals surface area contributed by atoms with Crippen LogP contribution in [0.3, 0.4) is 0 Å². The lowest BCUT2D eigenvalue weighted by Crippen LogP contribution is -2.09. The molecule has 4 nitrogen and oxygen atoms in total. The van der Waals surface area contributed by atoms with E-state index in [0.29, 0.717) is 0 Å². The van der Waals surface area contributed by atoms with Crippen molar-refractivity contribution in [1.82, 2.24) is 0 Å². The van der Waals surface area contributed by atoms with Crippen molar-refractivity contribution in [3.05, 3.63) is 12.5 Å². The summed E-state index contributed by atoms with van der Waals surface area (Å²) in [7, 11) is 0. The lowest BCUT2D eigenvalue weighted by molar-refractivity contribution is -0.144. The van der Waals surface area contributed by atoms with E-state index < -0.39 is 0 Å². The summed E-state index contributed by atoms with van der Waals surface area (Å²) in [6.45, 7) is 6.87. The molecule has 0 unspecified atom stereocenters. The number of carbonyl (C=O) groups excluding carboxylic acids is 2. The van der Waals surface area contributed by atoms with Crippen molar-refractivity contribution in [2.24, 2.45) is 11.8 Å². The van der Waals surface area contributed by atoms with E-state index in [-0.39, 0.29) is 23.8 Å². The van der Waals surface area contributed by atoms with Crippen LogP contribution in [0.4, 0.5) is 0 Å². The van der Waals surface area contributed by atoms with Crippen LogP contribution in [-0.4, -0.2) is 11.9 Å². The summed E-state index contributed by atoms with van der Waals surface area (Å²) in [5.74, 6) is -1.11. The molecular weight excluding hydrogens is 184 g/mol. The van der Waals surface area contributed by atoms with Gasteiger partial charge in [0.1, 0.15) is 12.5 Å². The highest BCUT2D eigenvalue weighted by Crippen LogP contribution is 1.98. The molecule has 0 radical (unpaired) electrons. The molecule has 14 heavy (non-hydrogen) atoms. The van der Waals surface area contributed by atoms with Crippen molar-refractivity contribution >= 4 is 11.9 Å². The van der Waals surface area contributed by atoms with Crippen molar-refractivity contribution in [2.45, 2.75) is 27.7 Å². The third kappa shape index (κ3) is 5.35. The Morgan fingerprint density at radius 3 is 1.36 bits per heavy atom. The van der Waals surface area contributed by atoms with Gasteiger partial charge < -0.3 is 9.47 Å². The molecule has 0 aromatic carbocycles. The number of esters is 2. The van der Waals surface area contributed by atoms with Crippen LogP contribution < -0.4 is 0 Å². The summed E-state index contributed by atoms with van der Waals surface area (Å²) < 4.78 is 9.27. The third-order valence-electron chi connectivity index (χ3n) is 1.37. The first kappa shape index (κ1) is 12.7. The summed E-state index contributed by atoms with van der Waals surface area (Å²) in [6, 6.07) is 0. The molecule has 0 aliphatic rings. The SMILES string of the molecule is CC(C)C(=O)O/C=C/OC(=O)C(C)C. The minimum atomic E-state index is -0.359. The van der Waals surface area contributed by atoms with E-state index in [2.05, 4.69) is 9.47 Å². The first-order chi connectivity index (χ1) is 6.45. The third-order valence-corrected chi connectivity index (χ3v) is 1.37. The van der Waals surface area contributed by atoms with Crippen molar-refractivity contribution in [3.8, 4) is 0 Å². The Bertz CT molecular complexity index is 204. The molecule has 0 aliphatic carbocycles. The molecule has 0 fully saturated rings. The zero-order valence-corrected chi connectivity index (χ0v) is 8.94. The lowest BCUT2D eigenvalue weighted by atomic mass is 10.2. The predicted molar refractivity (Wildman–Crippen MR) is 51.0 cm³/mol. The number of carbonyl (C=O) groups is 2. The maximum absolute atomic E-state index is 10.9. The zero-order valence-electron chi connectivity index (χ0n) is 8.94. The molecule has 0 rings (SSSR count). The Morgan fingerprint density at radius 2 is 1.14 bits per heavy atom. The summed E-state index contributed by atoms with van der Waals surface area (Å²) >= 11 is 0. The highest BCUT2D eigenvalue weighted by molar-refractivity contribution is 5.73. The molecular formula is C10H16O4. The predicted octanol–water partition coefficient (Wildman–Crippen LogP) is 1.86.